The molecule has 26 heavy (non-hydrogen) atoms. The lowest BCUT2D eigenvalue weighted by atomic mass is 10.1. The Balaban J connectivity index is 1.70. The van der Waals surface area contributed by atoms with Crippen molar-refractivity contribution in [3.05, 3.63) is 65.0 Å². The quantitative estimate of drug-likeness (QED) is 0.725. The minimum atomic E-state index is -3.22. The fraction of sp³-hybridized carbons (Fsp3) is 0.158. The van der Waals surface area contributed by atoms with Crippen LogP contribution >= 0.6 is 11.3 Å². The Morgan fingerprint density at radius 2 is 1.81 bits per heavy atom. The van der Waals surface area contributed by atoms with Crippen LogP contribution in [0.25, 0.3) is 11.3 Å². The second-order valence-electron chi connectivity index (χ2n) is 5.99. The van der Waals surface area contributed by atoms with Crippen LogP contribution in [0.15, 0.2) is 58.8 Å². The molecule has 0 aliphatic heterocycles. The molecule has 2 aromatic carbocycles. The van der Waals surface area contributed by atoms with Gasteiger partial charge in [-0.3, -0.25) is 4.79 Å². The van der Waals surface area contributed by atoms with Gasteiger partial charge in [-0.2, -0.15) is 0 Å². The number of aryl methyl sites for hydroxylation is 1. The molecule has 0 aliphatic rings. The van der Waals surface area contributed by atoms with Crippen LogP contribution < -0.4 is 5.32 Å². The molecule has 1 heterocycles. The van der Waals surface area contributed by atoms with Crippen molar-refractivity contribution in [2.24, 2.45) is 0 Å². The Morgan fingerprint density at radius 1 is 1.12 bits per heavy atom. The van der Waals surface area contributed by atoms with Gasteiger partial charge in [-0.1, -0.05) is 36.4 Å². The zero-order valence-electron chi connectivity index (χ0n) is 14.4. The van der Waals surface area contributed by atoms with E-state index in [4.69, 9.17) is 0 Å². The largest absolute Gasteiger partial charge is 0.302 e. The average Bonchev–Trinajstić information content (AvgIpc) is 3.05. The molecule has 134 valence electrons. The normalized spacial score (nSPS) is 11.3. The number of anilines is 1. The molecule has 0 aliphatic carbocycles. The highest BCUT2D eigenvalue weighted by Gasteiger charge is 2.11. The molecule has 1 N–H and O–H groups in total. The van der Waals surface area contributed by atoms with E-state index in [1.165, 1.54) is 17.6 Å². The van der Waals surface area contributed by atoms with E-state index in [0.717, 1.165) is 16.7 Å². The molecule has 5 nitrogen and oxygen atoms in total. The summed E-state index contributed by atoms with van der Waals surface area (Å²) in [5, 5.41) is 5.17. The summed E-state index contributed by atoms with van der Waals surface area (Å²) in [7, 11) is -3.22. The molecule has 0 saturated heterocycles. The van der Waals surface area contributed by atoms with E-state index in [-0.39, 0.29) is 10.8 Å². The van der Waals surface area contributed by atoms with Gasteiger partial charge in [0.2, 0.25) is 5.91 Å². The van der Waals surface area contributed by atoms with Gasteiger partial charge in [0.1, 0.15) is 0 Å². The van der Waals surface area contributed by atoms with Gasteiger partial charge in [-0.15, -0.1) is 11.3 Å². The lowest BCUT2D eigenvalue weighted by Crippen LogP contribution is -2.14. The number of benzene rings is 2. The van der Waals surface area contributed by atoms with E-state index >= 15 is 0 Å². The number of carbonyl (C=O) groups excluding carboxylic acids is 1. The molecule has 0 unspecified atom stereocenters. The monoisotopic (exact) mass is 386 g/mol. The Bertz CT molecular complexity index is 1040. The van der Waals surface area contributed by atoms with E-state index in [9.17, 15) is 13.2 Å². The van der Waals surface area contributed by atoms with Crippen LogP contribution in [0.4, 0.5) is 5.13 Å². The van der Waals surface area contributed by atoms with Crippen molar-refractivity contribution in [3.8, 4) is 11.3 Å². The van der Waals surface area contributed by atoms with Gasteiger partial charge in [0.25, 0.3) is 0 Å². The van der Waals surface area contributed by atoms with Crippen LogP contribution in [-0.2, 0) is 21.1 Å². The molecule has 0 fully saturated rings. The first-order chi connectivity index (χ1) is 12.3. The molecule has 7 heteroatoms. The number of amides is 1. The summed E-state index contributed by atoms with van der Waals surface area (Å²) in [4.78, 5) is 16.9. The predicted molar refractivity (Wildman–Crippen MR) is 104 cm³/mol. The molecule has 0 spiro atoms. The van der Waals surface area contributed by atoms with Crippen molar-refractivity contribution < 1.29 is 13.2 Å². The van der Waals surface area contributed by atoms with Crippen LogP contribution in [0.1, 0.15) is 11.1 Å². The number of nitrogens with zero attached hydrogens (tertiary/aromatic N) is 1. The highest BCUT2D eigenvalue weighted by molar-refractivity contribution is 7.90. The van der Waals surface area contributed by atoms with E-state index in [1.54, 1.807) is 24.3 Å². The first kappa shape index (κ1) is 18.3. The molecular weight excluding hydrogens is 368 g/mol. The number of hydrogen-bond donors (Lipinski definition) is 1. The molecular formula is C19H18N2O3S2. The van der Waals surface area contributed by atoms with Crippen LogP contribution in [0, 0.1) is 6.92 Å². The number of carbonyl (C=O) groups is 1. The molecule has 0 bridgehead atoms. The summed E-state index contributed by atoms with van der Waals surface area (Å²) < 4.78 is 23.0. The molecule has 3 aromatic rings. The van der Waals surface area contributed by atoms with Crippen molar-refractivity contribution in [3.63, 3.8) is 0 Å². The maximum absolute atomic E-state index is 12.2. The van der Waals surface area contributed by atoms with Crippen molar-refractivity contribution >= 4 is 32.2 Å². The van der Waals surface area contributed by atoms with Gasteiger partial charge in [0.05, 0.1) is 17.0 Å². The predicted octanol–water partition coefficient (Wildman–Crippen LogP) is 3.70. The van der Waals surface area contributed by atoms with Crippen LogP contribution in [-0.4, -0.2) is 25.6 Å². The zero-order valence-corrected chi connectivity index (χ0v) is 16.0. The number of aromatic nitrogens is 1. The van der Waals surface area contributed by atoms with Gasteiger partial charge in [-0.05, 0) is 30.2 Å². The lowest BCUT2D eigenvalue weighted by Gasteiger charge is -2.05. The van der Waals surface area contributed by atoms with Crippen LogP contribution in [0.3, 0.4) is 0 Å². The summed E-state index contributed by atoms with van der Waals surface area (Å²) in [5.74, 6) is -0.118. The smallest absolute Gasteiger partial charge is 0.230 e. The number of sulfone groups is 1. The first-order valence-corrected chi connectivity index (χ1v) is 10.7. The molecule has 3 rings (SSSR count). The molecule has 0 radical (unpaired) electrons. The fourth-order valence-electron chi connectivity index (χ4n) is 2.48. The maximum Gasteiger partial charge on any atom is 0.230 e. The van der Waals surface area contributed by atoms with E-state index in [1.807, 2.05) is 36.6 Å². The topological polar surface area (TPSA) is 76.1 Å². The Morgan fingerprint density at radius 3 is 2.46 bits per heavy atom. The minimum Gasteiger partial charge on any atom is -0.302 e. The number of nitrogens with one attached hydrogen (secondary N) is 1. The van der Waals surface area contributed by atoms with E-state index < -0.39 is 9.84 Å². The number of hydrogen-bond acceptors (Lipinski definition) is 5. The molecule has 0 atom stereocenters. The van der Waals surface area contributed by atoms with Crippen molar-refractivity contribution in [2.75, 3.05) is 11.6 Å². The van der Waals surface area contributed by atoms with Crippen molar-refractivity contribution in [1.82, 2.24) is 4.98 Å². The molecule has 1 aromatic heterocycles. The van der Waals surface area contributed by atoms with Gasteiger partial charge < -0.3 is 5.32 Å². The van der Waals surface area contributed by atoms with Gasteiger partial charge >= 0.3 is 0 Å². The highest BCUT2D eigenvalue weighted by Crippen LogP contribution is 2.26. The number of rotatable bonds is 5. The summed E-state index contributed by atoms with van der Waals surface area (Å²) in [6.45, 7) is 1.98. The van der Waals surface area contributed by atoms with E-state index in [0.29, 0.717) is 17.2 Å². The van der Waals surface area contributed by atoms with Crippen molar-refractivity contribution in [1.29, 1.82) is 0 Å². The maximum atomic E-state index is 12.2. The summed E-state index contributed by atoms with van der Waals surface area (Å²) in [5.41, 5.74) is 3.56. The molecule has 1 amide bonds. The number of thiazole rings is 1. The highest BCUT2D eigenvalue weighted by atomic mass is 32.2. The third-order valence-corrected chi connectivity index (χ3v) is 5.83. The second-order valence-corrected chi connectivity index (χ2v) is 8.86. The SMILES string of the molecule is Cc1ccccc1CC(=O)Nc1nc(-c2ccc(S(C)(=O)=O)cc2)cs1. The zero-order chi connectivity index (χ0) is 18.7. The van der Waals surface area contributed by atoms with Crippen LogP contribution in [0.5, 0.6) is 0 Å². The lowest BCUT2D eigenvalue weighted by molar-refractivity contribution is -0.115. The molecule has 0 saturated carbocycles. The summed E-state index contributed by atoms with van der Waals surface area (Å²) >= 11 is 1.34. The third-order valence-electron chi connectivity index (χ3n) is 3.94. The second kappa shape index (κ2) is 7.39. The van der Waals surface area contributed by atoms with Crippen molar-refractivity contribution in [2.45, 2.75) is 18.2 Å². The Kier molecular flexibility index (Phi) is 5.20. The average molecular weight is 386 g/mol. The van der Waals surface area contributed by atoms with E-state index in [2.05, 4.69) is 10.3 Å². The fourth-order valence-corrected chi connectivity index (χ4v) is 3.85. The summed E-state index contributed by atoms with van der Waals surface area (Å²) in [6.07, 6.45) is 1.47. The Labute approximate surface area is 156 Å². The Hall–Kier alpha value is -2.51. The third kappa shape index (κ3) is 4.36. The van der Waals surface area contributed by atoms with Gasteiger partial charge in [-0.25, -0.2) is 13.4 Å². The van der Waals surface area contributed by atoms with Gasteiger partial charge in [0, 0.05) is 17.2 Å². The summed E-state index contributed by atoms with van der Waals surface area (Å²) in [6, 6.07) is 14.3. The standard InChI is InChI=1S/C19H18N2O3S2/c1-13-5-3-4-6-15(13)11-18(22)21-19-20-17(12-25-19)14-7-9-16(10-8-14)26(2,23)24/h3-10,12H,11H2,1-2H3,(H,20,21,22). The van der Waals surface area contributed by atoms with Crippen LogP contribution in [0.2, 0.25) is 0 Å². The first-order valence-electron chi connectivity index (χ1n) is 7.93. The van der Waals surface area contributed by atoms with Gasteiger partial charge in [0.15, 0.2) is 15.0 Å². The minimum absolute atomic E-state index is 0.118.